The summed E-state index contributed by atoms with van der Waals surface area (Å²) >= 11 is 0. The zero-order valence-corrected chi connectivity index (χ0v) is 11.2. The smallest absolute Gasteiger partial charge is 0.130 e. The van der Waals surface area contributed by atoms with Crippen LogP contribution in [0.5, 0.6) is 0 Å². The number of nitrogens with one attached hydrogen (secondary N) is 1. The second-order valence-electron chi connectivity index (χ2n) is 4.97. The van der Waals surface area contributed by atoms with Crippen molar-refractivity contribution in [2.45, 2.75) is 12.3 Å². The molecule has 1 atom stereocenters. The van der Waals surface area contributed by atoms with Crippen molar-refractivity contribution in [1.82, 2.24) is 4.98 Å². The van der Waals surface area contributed by atoms with Crippen LogP contribution in [-0.4, -0.2) is 25.1 Å². The van der Waals surface area contributed by atoms with Crippen LogP contribution in [0.25, 0.3) is 0 Å². The van der Waals surface area contributed by atoms with Crippen molar-refractivity contribution in [2.75, 3.05) is 30.4 Å². The van der Waals surface area contributed by atoms with E-state index in [9.17, 15) is 0 Å². The molecule has 0 radical (unpaired) electrons. The lowest BCUT2D eigenvalue weighted by molar-refractivity contribution is 0.774. The molecule has 1 aliphatic rings. The van der Waals surface area contributed by atoms with E-state index in [0.29, 0.717) is 5.92 Å². The first-order valence-electron chi connectivity index (χ1n) is 6.81. The predicted molar refractivity (Wildman–Crippen MR) is 79.8 cm³/mol. The summed E-state index contributed by atoms with van der Waals surface area (Å²) in [6.45, 7) is 2.14. The van der Waals surface area contributed by atoms with Gasteiger partial charge in [0, 0.05) is 26.1 Å². The van der Waals surface area contributed by atoms with E-state index in [-0.39, 0.29) is 0 Å². The van der Waals surface area contributed by atoms with Gasteiger partial charge < -0.3 is 10.2 Å². The fourth-order valence-corrected chi connectivity index (χ4v) is 2.70. The molecule has 98 valence electrons. The van der Waals surface area contributed by atoms with Gasteiger partial charge in [0.15, 0.2) is 0 Å². The lowest BCUT2D eigenvalue weighted by Crippen LogP contribution is -2.20. The van der Waals surface area contributed by atoms with Crippen LogP contribution in [0, 0.1) is 0 Å². The number of nitrogens with zero attached hydrogens (tertiary/aromatic N) is 2. The van der Waals surface area contributed by atoms with Gasteiger partial charge in [0.1, 0.15) is 11.6 Å². The average Bonchev–Trinajstić information content (AvgIpc) is 2.98. The van der Waals surface area contributed by atoms with Gasteiger partial charge >= 0.3 is 0 Å². The summed E-state index contributed by atoms with van der Waals surface area (Å²) < 4.78 is 0. The molecule has 1 saturated heterocycles. The number of hydrogen-bond acceptors (Lipinski definition) is 3. The fourth-order valence-electron chi connectivity index (χ4n) is 2.70. The first-order valence-corrected chi connectivity index (χ1v) is 6.81. The Labute approximate surface area is 114 Å². The molecule has 3 heteroatoms. The minimum Gasteiger partial charge on any atom is -0.373 e. The molecule has 1 fully saturated rings. The van der Waals surface area contributed by atoms with E-state index in [1.807, 2.05) is 13.1 Å². The summed E-state index contributed by atoms with van der Waals surface area (Å²) in [4.78, 5) is 6.99. The van der Waals surface area contributed by atoms with E-state index in [2.05, 4.69) is 57.7 Å². The van der Waals surface area contributed by atoms with Gasteiger partial charge in [0.05, 0.1) is 0 Å². The zero-order chi connectivity index (χ0) is 13.1. The van der Waals surface area contributed by atoms with Crippen molar-refractivity contribution < 1.29 is 0 Å². The quantitative estimate of drug-likeness (QED) is 0.911. The van der Waals surface area contributed by atoms with Gasteiger partial charge in [-0.15, -0.1) is 0 Å². The van der Waals surface area contributed by atoms with Crippen LogP contribution < -0.4 is 10.2 Å². The van der Waals surface area contributed by atoms with Crippen molar-refractivity contribution in [1.29, 1.82) is 0 Å². The van der Waals surface area contributed by atoms with Gasteiger partial charge in [-0.1, -0.05) is 36.4 Å². The molecule has 0 spiro atoms. The standard InChI is InChI=1S/C16H19N3/c1-17-15-8-5-9-16(18-15)19-11-10-14(12-19)13-6-3-2-4-7-13/h2-9,14H,10-12H2,1H3,(H,17,18). The SMILES string of the molecule is CNc1cccc(N2CCC(c3ccccc3)C2)n1. The second-order valence-corrected chi connectivity index (χ2v) is 4.97. The van der Waals surface area contributed by atoms with Gasteiger partial charge in [-0.2, -0.15) is 0 Å². The largest absolute Gasteiger partial charge is 0.373 e. The summed E-state index contributed by atoms with van der Waals surface area (Å²) in [5.74, 6) is 2.63. The number of pyridine rings is 1. The Hall–Kier alpha value is -2.03. The van der Waals surface area contributed by atoms with Gasteiger partial charge in [0.25, 0.3) is 0 Å². The summed E-state index contributed by atoms with van der Waals surface area (Å²) in [5, 5.41) is 3.10. The third kappa shape index (κ3) is 2.55. The van der Waals surface area contributed by atoms with Crippen LogP contribution in [0.1, 0.15) is 17.9 Å². The minimum atomic E-state index is 0.626. The Bertz CT molecular complexity index is 539. The van der Waals surface area contributed by atoms with Gasteiger partial charge in [0.2, 0.25) is 0 Å². The van der Waals surface area contributed by atoms with Crippen LogP contribution in [-0.2, 0) is 0 Å². The highest BCUT2D eigenvalue weighted by Gasteiger charge is 2.24. The number of rotatable bonds is 3. The number of anilines is 2. The van der Waals surface area contributed by atoms with E-state index in [1.54, 1.807) is 0 Å². The van der Waals surface area contributed by atoms with E-state index in [4.69, 9.17) is 0 Å². The topological polar surface area (TPSA) is 28.2 Å². The van der Waals surface area contributed by atoms with E-state index < -0.39 is 0 Å². The Morgan fingerprint density at radius 2 is 1.95 bits per heavy atom. The second kappa shape index (κ2) is 5.31. The summed E-state index contributed by atoms with van der Waals surface area (Å²) in [7, 11) is 1.91. The van der Waals surface area contributed by atoms with Crippen molar-refractivity contribution in [3.05, 3.63) is 54.1 Å². The fraction of sp³-hybridized carbons (Fsp3) is 0.312. The average molecular weight is 253 g/mol. The normalized spacial score (nSPS) is 18.6. The van der Waals surface area contributed by atoms with Gasteiger partial charge in [-0.05, 0) is 24.1 Å². The zero-order valence-electron chi connectivity index (χ0n) is 11.2. The molecule has 1 unspecified atom stereocenters. The maximum Gasteiger partial charge on any atom is 0.130 e. The van der Waals surface area contributed by atoms with E-state index >= 15 is 0 Å². The molecule has 0 amide bonds. The highest BCUT2D eigenvalue weighted by atomic mass is 15.2. The first kappa shape index (κ1) is 12.0. The molecule has 1 N–H and O–H groups in total. The minimum absolute atomic E-state index is 0.626. The van der Waals surface area contributed by atoms with E-state index in [0.717, 1.165) is 24.7 Å². The number of benzene rings is 1. The van der Waals surface area contributed by atoms with Crippen LogP contribution in [0.3, 0.4) is 0 Å². The molecule has 1 aromatic heterocycles. The molecule has 0 bridgehead atoms. The van der Waals surface area contributed by atoms with Gasteiger partial charge in [-0.3, -0.25) is 0 Å². The molecule has 1 aromatic carbocycles. The molecule has 1 aliphatic heterocycles. The van der Waals surface area contributed by atoms with Crippen molar-refractivity contribution in [3.63, 3.8) is 0 Å². The molecule has 3 nitrogen and oxygen atoms in total. The lowest BCUT2D eigenvalue weighted by atomic mass is 9.99. The van der Waals surface area contributed by atoms with Crippen molar-refractivity contribution >= 4 is 11.6 Å². The van der Waals surface area contributed by atoms with Crippen molar-refractivity contribution in [3.8, 4) is 0 Å². The Morgan fingerprint density at radius 3 is 2.74 bits per heavy atom. The molecular formula is C16H19N3. The summed E-state index contributed by atoms with van der Waals surface area (Å²) in [5.41, 5.74) is 1.44. The number of hydrogen-bond donors (Lipinski definition) is 1. The first-order chi connectivity index (χ1) is 9.36. The van der Waals surface area contributed by atoms with Crippen LogP contribution in [0.4, 0.5) is 11.6 Å². The third-order valence-corrected chi connectivity index (χ3v) is 3.77. The Balaban J connectivity index is 1.75. The maximum absolute atomic E-state index is 4.62. The monoisotopic (exact) mass is 253 g/mol. The summed E-state index contributed by atoms with van der Waals surface area (Å²) in [6, 6.07) is 16.9. The van der Waals surface area contributed by atoms with Crippen LogP contribution in [0.15, 0.2) is 48.5 Å². The molecule has 2 aromatic rings. The molecule has 0 aliphatic carbocycles. The number of aromatic nitrogens is 1. The Morgan fingerprint density at radius 1 is 1.11 bits per heavy atom. The highest BCUT2D eigenvalue weighted by molar-refractivity contribution is 5.48. The predicted octanol–water partition coefficient (Wildman–Crippen LogP) is 3.12. The molecule has 0 saturated carbocycles. The highest BCUT2D eigenvalue weighted by Crippen LogP contribution is 2.30. The molecule has 2 heterocycles. The molecule has 19 heavy (non-hydrogen) atoms. The Kier molecular flexibility index (Phi) is 3.36. The third-order valence-electron chi connectivity index (χ3n) is 3.77. The molecular weight excluding hydrogens is 234 g/mol. The van der Waals surface area contributed by atoms with Crippen molar-refractivity contribution in [2.24, 2.45) is 0 Å². The van der Waals surface area contributed by atoms with E-state index in [1.165, 1.54) is 12.0 Å². The van der Waals surface area contributed by atoms with Gasteiger partial charge in [-0.25, -0.2) is 4.98 Å². The molecule has 3 rings (SSSR count). The van der Waals surface area contributed by atoms with Crippen LogP contribution >= 0.6 is 0 Å². The maximum atomic E-state index is 4.62. The summed E-state index contributed by atoms with van der Waals surface area (Å²) in [6.07, 6.45) is 1.20. The lowest BCUT2D eigenvalue weighted by Gasteiger charge is -2.18. The van der Waals surface area contributed by atoms with Crippen LogP contribution in [0.2, 0.25) is 0 Å².